The van der Waals surface area contributed by atoms with E-state index in [9.17, 15) is 13.6 Å². The SMILES string of the molecule is Cl.O=C(Nc1ccccc1OCC(F)F)c1ccn(C2CCCNC2)n1. The van der Waals surface area contributed by atoms with Gasteiger partial charge in [0.2, 0.25) is 0 Å². The zero-order valence-corrected chi connectivity index (χ0v) is 14.8. The van der Waals surface area contributed by atoms with Gasteiger partial charge in [-0.25, -0.2) is 8.78 Å². The highest BCUT2D eigenvalue weighted by atomic mass is 35.5. The summed E-state index contributed by atoms with van der Waals surface area (Å²) in [5, 5.41) is 10.3. The number of ether oxygens (including phenoxy) is 1. The highest BCUT2D eigenvalue weighted by Gasteiger charge is 2.18. The second kappa shape index (κ2) is 9.49. The van der Waals surface area contributed by atoms with E-state index in [0.29, 0.717) is 5.69 Å². The number of alkyl halides is 2. The van der Waals surface area contributed by atoms with E-state index in [4.69, 9.17) is 4.74 Å². The summed E-state index contributed by atoms with van der Waals surface area (Å²) in [6.07, 6.45) is 1.29. The number of nitrogens with one attached hydrogen (secondary N) is 2. The fourth-order valence-electron chi connectivity index (χ4n) is 2.76. The minimum absolute atomic E-state index is 0. The summed E-state index contributed by atoms with van der Waals surface area (Å²) in [6.45, 7) is 1.10. The molecule has 0 spiro atoms. The molecule has 0 aliphatic carbocycles. The van der Waals surface area contributed by atoms with Gasteiger partial charge in [0.25, 0.3) is 12.3 Å². The summed E-state index contributed by atoms with van der Waals surface area (Å²) in [6, 6.07) is 8.35. The number of aromatic nitrogens is 2. The number of hydrogen-bond acceptors (Lipinski definition) is 4. The fraction of sp³-hybridized carbons (Fsp3) is 0.412. The molecule has 3 rings (SSSR count). The number of hydrogen-bond donors (Lipinski definition) is 2. The lowest BCUT2D eigenvalue weighted by Gasteiger charge is -2.22. The molecule has 0 radical (unpaired) electrons. The summed E-state index contributed by atoms with van der Waals surface area (Å²) in [5.41, 5.74) is 0.608. The Kier molecular flexibility index (Phi) is 7.35. The van der Waals surface area contributed by atoms with Crippen molar-refractivity contribution in [3.63, 3.8) is 0 Å². The monoisotopic (exact) mass is 386 g/mol. The zero-order chi connectivity index (χ0) is 17.6. The Morgan fingerprint density at radius 1 is 1.38 bits per heavy atom. The van der Waals surface area contributed by atoms with Crippen molar-refractivity contribution in [1.82, 2.24) is 15.1 Å². The van der Waals surface area contributed by atoms with Crippen LogP contribution in [0.5, 0.6) is 5.75 Å². The molecule has 1 fully saturated rings. The molecule has 26 heavy (non-hydrogen) atoms. The molecule has 1 atom stereocenters. The standard InChI is InChI=1S/C17H20F2N4O2.ClH/c18-16(19)11-25-15-6-2-1-5-13(15)21-17(24)14-7-9-23(22-14)12-4-3-8-20-10-12;/h1-2,5-7,9,12,16,20H,3-4,8,10-11H2,(H,21,24);1H. The van der Waals surface area contributed by atoms with E-state index >= 15 is 0 Å². The number of rotatable bonds is 6. The van der Waals surface area contributed by atoms with Crippen LogP contribution in [0.25, 0.3) is 0 Å². The summed E-state index contributed by atoms with van der Waals surface area (Å²) >= 11 is 0. The van der Waals surface area contributed by atoms with Crippen LogP contribution in [0.4, 0.5) is 14.5 Å². The van der Waals surface area contributed by atoms with Crippen LogP contribution in [0.3, 0.4) is 0 Å². The van der Waals surface area contributed by atoms with Gasteiger partial charge < -0.3 is 15.4 Å². The Morgan fingerprint density at radius 3 is 2.92 bits per heavy atom. The number of carbonyl (C=O) groups is 1. The van der Waals surface area contributed by atoms with Crippen LogP contribution in [0, 0.1) is 0 Å². The predicted octanol–water partition coefficient (Wildman–Crippen LogP) is 3.13. The van der Waals surface area contributed by atoms with E-state index in [2.05, 4.69) is 15.7 Å². The molecular formula is C17H21ClF2N4O2. The molecular weight excluding hydrogens is 366 g/mol. The van der Waals surface area contributed by atoms with Gasteiger partial charge in [-0.3, -0.25) is 9.48 Å². The lowest BCUT2D eigenvalue weighted by atomic mass is 10.1. The summed E-state index contributed by atoms with van der Waals surface area (Å²) in [7, 11) is 0. The Balaban J connectivity index is 0.00000243. The third-order valence-electron chi connectivity index (χ3n) is 3.99. The van der Waals surface area contributed by atoms with Crippen molar-refractivity contribution in [2.45, 2.75) is 25.3 Å². The van der Waals surface area contributed by atoms with Gasteiger partial charge >= 0.3 is 0 Å². The van der Waals surface area contributed by atoms with E-state index in [-0.39, 0.29) is 29.9 Å². The Labute approximate surface area is 156 Å². The first kappa shape index (κ1) is 20.1. The maximum absolute atomic E-state index is 12.4. The van der Waals surface area contributed by atoms with E-state index in [1.54, 1.807) is 35.1 Å². The summed E-state index contributed by atoms with van der Waals surface area (Å²) < 4.78 is 31.5. The molecule has 2 heterocycles. The Hall–Kier alpha value is -2.19. The highest BCUT2D eigenvalue weighted by Crippen LogP contribution is 2.25. The van der Waals surface area contributed by atoms with Crippen molar-refractivity contribution in [2.75, 3.05) is 25.0 Å². The van der Waals surface area contributed by atoms with Crippen molar-refractivity contribution in [2.24, 2.45) is 0 Å². The predicted molar refractivity (Wildman–Crippen MR) is 96.5 cm³/mol. The third kappa shape index (κ3) is 5.15. The molecule has 1 aromatic heterocycles. The van der Waals surface area contributed by atoms with Gasteiger partial charge in [-0.1, -0.05) is 12.1 Å². The molecule has 1 aliphatic heterocycles. The molecule has 0 saturated carbocycles. The van der Waals surface area contributed by atoms with Gasteiger partial charge in [0.15, 0.2) is 5.69 Å². The largest absolute Gasteiger partial charge is 0.485 e. The number of para-hydroxylation sites is 2. The smallest absolute Gasteiger partial charge is 0.276 e. The average Bonchev–Trinajstić information content (AvgIpc) is 3.12. The second-order valence-electron chi connectivity index (χ2n) is 5.83. The van der Waals surface area contributed by atoms with Gasteiger partial charge in [0.05, 0.1) is 11.7 Å². The number of benzene rings is 1. The van der Waals surface area contributed by atoms with Gasteiger partial charge in [-0.05, 0) is 37.6 Å². The topological polar surface area (TPSA) is 68.2 Å². The van der Waals surface area contributed by atoms with Crippen LogP contribution < -0.4 is 15.4 Å². The van der Waals surface area contributed by atoms with Crippen molar-refractivity contribution in [3.05, 3.63) is 42.2 Å². The molecule has 1 aromatic carbocycles. The molecule has 1 amide bonds. The molecule has 0 bridgehead atoms. The first-order chi connectivity index (χ1) is 12.1. The third-order valence-corrected chi connectivity index (χ3v) is 3.99. The molecule has 2 aromatic rings. The molecule has 6 nitrogen and oxygen atoms in total. The Morgan fingerprint density at radius 2 is 2.19 bits per heavy atom. The molecule has 1 saturated heterocycles. The van der Waals surface area contributed by atoms with Gasteiger partial charge in [-0.2, -0.15) is 5.10 Å². The van der Waals surface area contributed by atoms with Gasteiger partial charge in [0.1, 0.15) is 12.4 Å². The van der Waals surface area contributed by atoms with E-state index in [0.717, 1.165) is 25.9 Å². The van der Waals surface area contributed by atoms with E-state index in [1.807, 2.05) is 0 Å². The van der Waals surface area contributed by atoms with Crippen LogP contribution in [0.1, 0.15) is 29.4 Å². The number of piperidine rings is 1. The first-order valence-electron chi connectivity index (χ1n) is 8.20. The second-order valence-corrected chi connectivity index (χ2v) is 5.83. The zero-order valence-electron chi connectivity index (χ0n) is 14.0. The number of carbonyl (C=O) groups excluding carboxylic acids is 1. The van der Waals surface area contributed by atoms with Crippen molar-refractivity contribution in [1.29, 1.82) is 0 Å². The number of amides is 1. The van der Waals surface area contributed by atoms with Gasteiger partial charge in [-0.15, -0.1) is 12.4 Å². The van der Waals surface area contributed by atoms with E-state index < -0.39 is 18.9 Å². The van der Waals surface area contributed by atoms with Crippen molar-refractivity contribution >= 4 is 24.0 Å². The summed E-state index contributed by atoms with van der Waals surface area (Å²) in [4.78, 5) is 12.4. The van der Waals surface area contributed by atoms with Crippen LogP contribution in [-0.4, -0.2) is 41.8 Å². The molecule has 2 N–H and O–H groups in total. The lowest BCUT2D eigenvalue weighted by molar-refractivity contribution is 0.0822. The average molecular weight is 387 g/mol. The fourth-order valence-corrected chi connectivity index (χ4v) is 2.76. The van der Waals surface area contributed by atoms with Gasteiger partial charge in [0, 0.05) is 12.7 Å². The number of anilines is 1. The Bertz CT molecular complexity index is 720. The molecule has 1 aliphatic rings. The van der Waals surface area contributed by atoms with Crippen LogP contribution >= 0.6 is 12.4 Å². The van der Waals surface area contributed by atoms with Crippen LogP contribution in [-0.2, 0) is 0 Å². The molecule has 1 unspecified atom stereocenters. The molecule has 9 heteroatoms. The minimum Gasteiger partial charge on any atom is -0.485 e. The quantitative estimate of drug-likeness (QED) is 0.800. The van der Waals surface area contributed by atoms with Crippen LogP contribution in [0.2, 0.25) is 0 Å². The molecule has 142 valence electrons. The lowest BCUT2D eigenvalue weighted by Crippen LogP contribution is -2.32. The highest BCUT2D eigenvalue weighted by molar-refractivity contribution is 6.03. The van der Waals surface area contributed by atoms with Crippen molar-refractivity contribution in [3.8, 4) is 5.75 Å². The maximum atomic E-state index is 12.4. The minimum atomic E-state index is -2.58. The van der Waals surface area contributed by atoms with E-state index in [1.165, 1.54) is 6.07 Å². The number of nitrogens with zero attached hydrogens (tertiary/aromatic N) is 2. The maximum Gasteiger partial charge on any atom is 0.276 e. The summed E-state index contributed by atoms with van der Waals surface area (Å²) in [5.74, 6) is -0.206. The van der Waals surface area contributed by atoms with Crippen LogP contribution in [0.15, 0.2) is 36.5 Å². The normalized spacial score (nSPS) is 16.8. The number of halogens is 3. The first-order valence-corrected chi connectivity index (χ1v) is 8.20. The van der Waals surface area contributed by atoms with Crippen molar-refractivity contribution < 1.29 is 18.3 Å².